The van der Waals surface area contributed by atoms with Crippen molar-refractivity contribution in [2.75, 3.05) is 24.6 Å². The Hall–Kier alpha value is -1.03. The molecule has 0 spiro atoms. The third-order valence-electron chi connectivity index (χ3n) is 3.46. The Morgan fingerprint density at radius 1 is 1.29 bits per heavy atom. The van der Waals surface area contributed by atoms with Crippen LogP contribution in [0.5, 0.6) is 0 Å². The van der Waals surface area contributed by atoms with E-state index in [1.54, 1.807) is 0 Å². The molecule has 0 radical (unpaired) electrons. The Balaban J connectivity index is 2.39. The first-order valence-electron chi connectivity index (χ1n) is 6.37. The first kappa shape index (κ1) is 16.3. The van der Waals surface area contributed by atoms with E-state index in [-0.39, 0.29) is 47.2 Å². The van der Waals surface area contributed by atoms with Crippen LogP contribution in [0.25, 0.3) is 0 Å². The molecule has 0 saturated carbocycles. The molecule has 0 aliphatic carbocycles. The molecule has 0 bridgehead atoms. The van der Waals surface area contributed by atoms with Crippen LogP contribution >= 0.6 is 0 Å². The van der Waals surface area contributed by atoms with Gasteiger partial charge in [0.15, 0.2) is 9.84 Å². The van der Waals surface area contributed by atoms with Crippen LogP contribution in [-0.2, 0) is 26.4 Å². The maximum atomic E-state index is 13.7. The number of sulfonamides is 1. The second-order valence-electron chi connectivity index (χ2n) is 4.97. The number of benzene rings is 1. The van der Waals surface area contributed by atoms with Gasteiger partial charge >= 0.3 is 0 Å². The summed E-state index contributed by atoms with van der Waals surface area (Å²) in [6.07, 6.45) is 0. The van der Waals surface area contributed by atoms with E-state index in [9.17, 15) is 21.2 Å². The molecule has 1 aliphatic heterocycles. The highest BCUT2D eigenvalue weighted by Gasteiger charge is 2.31. The van der Waals surface area contributed by atoms with E-state index in [0.717, 1.165) is 4.31 Å². The van der Waals surface area contributed by atoms with Crippen LogP contribution in [-0.4, -0.2) is 45.7 Å². The zero-order valence-electron chi connectivity index (χ0n) is 11.5. The molecule has 1 aromatic carbocycles. The Labute approximate surface area is 123 Å². The van der Waals surface area contributed by atoms with Crippen molar-refractivity contribution >= 4 is 19.9 Å². The summed E-state index contributed by atoms with van der Waals surface area (Å²) in [5.41, 5.74) is 5.74. The van der Waals surface area contributed by atoms with E-state index < -0.39 is 25.7 Å². The van der Waals surface area contributed by atoms with Crippen molar-refractivity contribution in [2.45, 2.75) is 18.4 Å². The zero-order chi connectivity index (χ0) is 15.8. The van der Waals surface area contributed by atoms with E-state index in [4.69, 9.17) is 5.73 Å². The lowest BCUT2D eigenvalue weighted by atomic mass is 10.1. The van der Waals surface area contributed by atoms with Crippen LogP contribution in [0.2, 0.25) is 0 Å². The van der Waals surface area contributed by atoms with Crippen molar-refractivity contribution in [1.82, 2.24) is 4.31 Å². The second-order valence-corrected chi connectivity index (χ2v) is 9.21. The summed E-state index contributed by atoms with van der Waals surface area (Å²) in [6, 6.07) is 2.45. The Morgan fingerprint density at radius 2 is 1.86 bits per heavy atom. The number of aryl methyl sites for hydroxylation is 1. The fourth-order valence-electron chi connectivity index (χ4n) is 2.19. The summed E-state index contributed by atoms with van der Waals surface area (Å²) < 4.78 is 62.6. The molecule has 1 saturated heterocycles. The monoisotopic (exact) mass is 336 g/mol. The molecular weight excluding hydrogens is 319 g/mol. The lowest BCUT2D eigenvalue weighted by molar-refractivity contribution is 0.430. The molecule has 6 nitrogen and oxygen atoms in total. The molecule has 1 fully saturated rings. The van der Waals surface area contributed by atoms with Crippen LogP contribution in [0.1, 0.15) is 11.1 Å². The molecule has 0 atom stereocenters. The van der Waals surface area contributed by atoms with Crippen LogP contribution in [0.15, 0.2) is 17.0 Å². The number of sulfone groups is 1. The van der Waals surface area contributed by atoms with Crippen molar-refractivity contribution in [3.05, 3.63) is 29.1 Å². The second kappa shape index (κ2) is 5.64. The van der Waals surface area contributed by atoms with Gasteiger partial charge in [-0.05, 0) is 24.6 Å². The van der Waals surface area contributed by atoms with Crippen molar-refractivity contribution < 1.29 is 21.2 Å². The Bertz CT molecular complexity index is 746. The molecule has 0 unspecified atom stereocenters. The maximum absolute atomic E-state index is 13.7. The molecule has 0 aromatic heterocycles. The Morgan fingerprint density at radius 3 is 2.38 bits per heavy atom. The van der Waals surface area contributed by atoms with Gasteiger partial charge in [0.05, 0.1) is 16.4 Å². The third kappa shape index (κ3) is 3.25. The molecule has 21 heavy (non-hydrogen) atoms. The number of hydrogen-bond acceptors (Lipinski definition) is 5. The van der Waals surface area contributed by atoms with E-state index in [1.807, 2.05) is 0 Å². The van der Waals surface area contributed by atoms with Crippen molar-refractivity contribution in [1.29, 1.82) is 0 Å². The SMILES string of the molecule is Cc1cc(S(=O)(=O)N2CCS(=O)(=O)CC2)cc(CN)c1F. The van der Waals surface area contributed by atoms with Crippen LogP contribution in [0, 0.1) is 12.7 Å². The third-order valence-corrected chi connectivity index (χ3v) is 6.95. The standard InChI is InChI=1S/C12H17FN2O4S2/c1-9-6-11(7-10(8-14)12(9)13)21(18,19)15-2-4-20(16,17)5-3-15/h6-7H,2-5,8,14H2,1H3. The van der Waals surface area contributed by atoms with Gasteiger partial charge in [-0.1, -0.05) is 0 Å². The normalized spacial score (nSPS) is 19.6. The number of nitrogens with two attached hydrogens (primary N) is 1. The first-order valence-corrected chi connectivity index (χ1v) is 9.63. The molecule has 1 aromatic rings. The predicted octanol–water partition coefficient (Wildman–Crippen LogP) is 0.0119. The van der Waals surface area contributed by atoms with Crippen LogP contribution in [0.3, 0.4) is 0 Å². The minimum Gasteiger partial charge on any atom is -0.326 e. The summed E-state index contributed by atoms with van der Waals surface area (Å²) in [7, 11) is -7.01. The minimum atomic E-state index is -3.84. The number of rotatable bonds is 3. The predicted molar refractivity (Wildman–Crippen MR) is 76.4 cm³/mol. The smallest absolute Gasteiger partial charge is 0.243 e. The highest BCUT2D eigenvalue weighted by Crippen LogP contribution is 2.23. The molecular formula is C12H17FN2O4S2. The van der Waals surface area contributed by atoms with Gasteiger partial charge < -0.3 is 5.73 Å². The molecule has 2 rings (SSSR count). The average molecular weight is 336 g/mol. The summed E-state index contributed by atoms with van der Waals surface area (Å²) in [4.78, 5) is -0.0545. The molecule has 9 heteroatoms. The van der Waals surface area contributed by atoms with Crippen molar-refractivity contribution in [3.63, 3.8) is 0 Å². The van der Waals surface area contributed by atoms with Gasteiger partial charge in [-0.3, -0.25) is 0 Å². The quantitative estimate of drug-likeness (QED) is 0.839. The molecule has 0 amide bonds. The molecule has 1 aliphatic rings. The lowest BCUT2D eigenvalue weighted by Crippen LogP contribution is -2.43. The van der Waals surface area contributed by atoms with Crippen molar-refractivity contribution in [3.8, 4) is 0 Å². The van der Waals surface area contributed by atoms with Gasteiger partial charge in [-0.25, -0.2) is 21.2 Å². The van der Waals surface area contributed by atoms with Gasteiger partial charge in [0, 0.05) is 25.2 Å². The van der Waals surface area contributed by atoms with E-state index in [2.05, 4.69) is 0 Å². The summed E-state index contributed by atoms with van der Waals surface area (Å²) >= 11 is 0. The van der Waals surface area contributed by atoms with Gasteiger partial charge in [0.2, 0.25) is 10.0 Å². The Kier molecular flexibility index (Phi) is 4.39. The lowest BCUT2D eigenvalue weighted by Gasteiger charge is -2.26. The van der Waals surface area contributed by atoms with Gasteiger partial charge in [-0.2, -0.15) is 4.31 Å². The minimum absolute atomic E-state index is 0.0545. The van der Waals surface area contributed by atoms with Crippen LogP contribution < -0.4 is 5.73 Å². The summed E-state index contributed by atoms with van der Waals surface area (Å²) in [6.45, 7) is 1.19. The average Bonchev–Trinajstić information content (AvgIpc) is 2.41. The van der Waals surface area contributed by atoms with Gasteiger partial charge in [0.1, 0.15) is 5.82 Å². The number of nitrogens with zero attached hydrogens (tertiary/aromatic N) is 1. The maximum Gasteiger partial charge on any atom is 0.243 e. The first-order chi connectivity index (χ1) is 9.67. The van der Waals surface area contributed by atoms with Gasteiger partial charge in [0.25, 0.3) is 0 Å². The highest BCUT2D eigenvalue weighted by molar-refractivity contribution is 7.92. The topological polar surface area (TPSA) is 97.5 Å². The van der Waals surface area contributed by atoms with E-state index in [1.165, 1.54) is 19.1 Å². The fraction of sp³-hybridized carbons (Fsp3) is 0.500. The zero-order valence-corrected chi connectivity index (χ0v) is 13.2. The van der Waals surface area contributed by atoms with E-state index in [0.29, 0.717) is 0 Å². The highest BCUT2D eigenvalue weighted by atomic mass is 32.2. The fourth-order valence-corrected chi connectivity index (χ4v) is 5.20. The molecule has 2 N–H and O–H groups in total. The largest absolute Gasteiger partial charge is 0.326 e. The number of hydrogen-bond donors (Lipinski definition) is 1. The summed E-state index contributed by atoms with van der Waals surface area (Å²) in [5, 5.41) is 0. The molecule has 118 valence electrons. The van der Waals surface area contributed by atoms with Crippen molar-refractivity contribution in [2.24, 2.45) is 5.73 Å². The molecule has 1 heterocycles. The van der Waals surface area contributed by atoms with E-state index >= 15 is 0 Å². The number of halogens is 1. The summed E-state index contributed by atoms with van der Waals surface area (Å²) in [5.74, 6) is -0.913. The van der Waals surface area contributed by atoms with Gasteiger partial charge in [-0.15, -0.1) is 0 Å². The van der Waals surface area contributed by atoms with Crippen LogP contribution in [0.4, 0.5) is 4.39 Å².